The van der Waals surface area contributed by atoms with Gasteiger partial charge in [-0.1, -0.05) is 13.0 Å². The number of ether oxygens (including phenoxy) is 3. The lowest BCUT2D eigenvalue weighted by molar-refractivity contribution is -0.208. The summed E-state index contributed by atoms with van der Waals surface area (Å²) in [7, 11) is 0. The maximum atomic E-state index is 13.0. The van der Waals surface area contributed by atoms with Gasteiger partial charge in [-0.2, -0.15) is 0 Å². The minimum atomic E-state index is -0.521. The summed E-state index contributed by atoms with van der Waals surface area (Å²) >= 11 is 0. The average Bonchev–Trinajstić information content (AvgIpc) is 3.29. The average molecular weight is 400 g/mol. The van der Waals surface area contributed by atoms with E-state index in [2.05, 4.69) is 6.92 Å². The number of fused-ring (bicyclic) bond motifs is 2. The maximum Gasteiger partial charge on any atom is 0.313 e. The number of hydrogen-bond donors (Lipinski definition) is 0. The summed E-state index contributed by atoms with van der Waals surface area (Å²) in [5.41, 5.74) is -0.189. The van der Waals surface area contributed by atoms with Crippen molar-refractivity contribution in [3.63, 3.8) is 0 Å². The van der Waals surface area contributed by atoms with E-state index in [9.17, 15) is 14.4 Å². The van der Waals surface area contributed by atoms with Crippen LogP contribution in [0, 0.1) is 28.6 Å². The van der Waals surface area contributed by atoms with Crippen molar-refractivity contribution in [3.8, 4) is 0 Å². The molecule has 4 aliphatic rings. The van der Waals surface area contributed by atoms with Gasteiger partial charge in [-0.3, -0.25) is 14.4 Å². The highest BCUT2D eigenvalue weighted by molar-refractivity contribution is 5.80. The van der Waals surface area contributed by atoms with Crippen LogP contribution in [-0.4, -0.2) is 30.6 Å². The highest BCUT2D eigenvalue weighted by Crippen LogP contribution is 2.66. The Morgan fingerprint density at radius 3 is 2.79 bits per heavy atom. The molecule has 7 unspecified atom stereocenters. The van der Waals surface area contributed by atoms with E-state index in [4.69, 9.17) is 18.6 Å². The minimum absolute atomic E-state index is 0.221. The second-order valence-corrected chi connectivity index (χ2v) is 9.04. The second-order valence-electron chi connectivity index (χ2n) is 9.04. The number of carbonyl (C=O) groups excluding carboxylic acids is 3. The Kier molecular flexibility index (Phi) is 3.95. The summed E-state index contributed by atoms with van der Waals surface area (Å²) in [5.74, 6) is -1.77. The number of esters is 3. The Bertz CT molecular complexity index is 887. The van der Waals surface area contributed by atoms with Crippen molar-refractivity contribution in [1.29, 1.82) is 0 Å². The molecule has 7 heteroatoms. The molecule has 154 valence electrons. The molecule has 7 nitrogen and oxygen atoms in total. The number of cyclic esters (lactones) is 2. The Hall–Kier alpha value is -2.57. The van der Waals surface area contributed by atoms with Gasteiger partial charge in [0.25, 0.3) is 0 Å². The highest BCUT2D eigenvalue weighted by atomic mass is 16.6. The largest absolute Gasteiger partial charge is 0.472 e. The van der Waals surface area contributed by atoms with Crippen LogP contribution in [0.5, 0.6) is 0 Å². The van der Waals surface area contributed by atoms with E-state index >= 15 is 0 Å². The van der Waals surface area contributed by atoms with E-state index in [0.29, 0.717) is 19.3 Å². The predicted octanol–water partition coefficient (Wildman–Crippen LogP) is 2.96. The van der Waals surface area contributed by atoms with Gasteiger partial charge in [0.05, 0.1) is 31.0 Å². The molecule has 7 atom stereocenters. The molecule has 3 heterocycles. The van der Waals surface area contributed by atoms with Gasteiger partial charge in [0.15, 0.2) is 0 Å². The van der Waals surface area contributed by atoms with Crippen LogP contribution in [-0.2, 0) is 28.6 Å². The number of carbonyl (C=O) groups is 3. The number of rotatable bonds is 2. The van der Waals surface area contributed by atoms with Crippen LogP contribution in [0.3, 0.4) is 0 Å². The smallest absolute Gasteiger partial charge is 0.313 e. The molecule has 0 N–H and O–H groups in total. The first-order valence-electron chi connectivity index (χ1n) is 10.1. The lowest BCUT2D eigenvalue weighted by atomic mass is 9.44. The zero-order valence-corrected chi connectivity index (χ0v) is 16.5. The van der Waals surface area contributed by atoms with Gasteiger partial charge in [-0.05, 0) is 36.8 Å². The van der Waals surface area contributed by atoms with E-state index in [1.54, 1.807) is 18.6 Å². The molecule has 1 saturated carbocycles. The molecular weight excluding hydrogens is 376 g/mol. The van der Waals surface area contributed by atoms with E-state index < -0.39 is 23.0 Å². The predicted molar refractivity (Wildman–Crippen MR) is 98.1 cm³/mol. The molecule has 0 amide bonds. The molecule has 3 fully saturated rings. The third kappa shape index (κ3) is 2.52. The van der Waals surface area contributed by atoms with E-state index in [0.717, 1.165) is 5.56 Å². The van der Waals surface area contributed by atoms with Crippen molar-refractivity contribution in [1.82, 2.24) is 0 Å². The SMILES string of the molecule is CC(=O)OC1C=CC2C(=O)OCC23CCC2C(=O)OC(c4ccoc4)CC2(C)C13. The lowest BCUT2D eigenvalue weighted by Gasteiger charge is -2.60. The van der Waals surface area contributed by atoms with E-state index in [1.807, 2.05) is 12.2 Å². The van der Waals surface area contributed by atoms with Crippen LogP contribution in [0.2, 0.25) is 0 Å². The van der Waals surface area contributed by atoms with Gasteiger partial charge >= 0.3 is 17.9 Å². The molecule has 0 radical (unpaired) electrons. The normalized spacial score (nSPS) is 42.9. The Balaban J connectivity index is 1.61. The van der Waals surface area contributed by atoms with Gasteiger partial charge in [0, 0.05) is 23.8 Å². The number of hydrogen-bond acceptors (Lipinski definition) is 7. The Labute approximate surface area is 168 Å². The molecule has 5 rings (SSSR count). The standard InChI is InChI=1S/C22H24O7/c1-12(23)28-16-4-3-15-19(24)27-11-22(15)7-5-14-20(25)29-17(13-6-8-26-10-13)9-21(14,2)18(16)22/h3-4,6,8,10,14-18H,5,7,9,11H2,1-2H3. The van der Waals surface area contributed by atoms with E-state index in [1.165, 1.54) is 6.92 Å². The molecule has 1 spiro atoms. The number of furan rings is 1. The summed E-state index contributed by atoms with van der Waals surface area (Å²) in [5, 5.41) is 0. The molecule has 0 aromatic carbocycles. The molecule has 2 aliphatic heterocycles. The van der Waals surface area contributed by atoms with Gasteiger partial charge in [-0.15, -0.1) is 0 Å². The molecule has 2 saturated heterocycles. The molecule has 0 bridgehead atoms. The monoisotopic (exact) mass is 400 g/mol. The van der Waals surface area contributed by atoms with Crippen molar-refractivity contribution in [2.75, 3.05) is 6.61 Å². The van der Waals surface area contributed by atoms with Crippen LogP contribution in [0.25, 0.3) is 0 Å². The van der Waals surface area contributed by atoms with Crippen molar-refractivity contribution < 1.29 is 33.0 Å². The summed E-state index contributed by atoms with van der Waals surface area (Å²) in [6.07, 6.45) is 7.70. The fraction of sp³-hybridized carbons (Fsp3) is 0.591. The lowest BCUT2D eigenvalue weighted by Crippen LogP contribution is -2.62. The molecule has 29 heavy (non-hydrogen) atoms. The first-order valence-corrected chi connectivity index (χ1v) is 10.1. The van der Waals surface area contributed by atoms with Crippen molar-refractivity contribution >= 4 is 17.9 Å². The molecular formula is C22H24O7. The van der Waals surface area contributed by atoms with Gasteiger partial charge in [-0.25, -0.2) is 0 Å². The van der Waals surface area contributed by atoms with Gasteiger partial charge < -0.3 is 18.6 Å². The van der Waals surface area contributed by atoms with Crippen molar-refractivity contribution in [2.24, 2.45) is 28.6 Å². The topological polar surface area (TPSA) is 92.0 Å². The Morgan fingerprint density at radius 2 is 2.07 bits per heavy atom. The summed E-state index contributed by atoms with van der Waals surface area (Å²) in [6.45, 7) is 3.75. The quantitative estimate of drug-likeness (QED) is 0.428. The van der Waals surface area contributed by atoms with Crippen LogP contribution in [0.1, 0.15) is 44.8 Å². The first-order chi connectivity index (χ1) is 13.8. The minimum Gasteiger partial charge on any atom is -0.472 e. The zero-order chi connectivity index (χ0) is 20.4. The summed E-state index contributed by atoms with van der Waals surface area (Å²) in [6, 6.07) is 1.80. The first kappa shape index (κ1) is 18.5. The third-order valence-electron chi connectivity index (χ3n) is 7.59. The van der Waals surface area contributed by atoms with Crippen molar-refractivity contribution in [3.05, 3.63) is 36.3 Å². The second kappa shape index (κ2) is 6.21. The van der Waals surface area contributed by atoms with E-state index in [-0.39, 0.29) is 42.3 Å². The zero-order valence-electron chi connectivity index (χ0n) is 16.5. The molecule has 1 aromatic rings. The van der Waals surface area contributed by atoms with Crippen LogP contribution >= 0.6 is 0 Å². The summed E-state index contributed by atoms with van der Waals surface area (Å²) < 4.78 is 22.2. The van der Waals surface area contributed by atoms with Crippen molar-refractivity contribution in [2.45, 2.75) is 45.3 Å². The van der Waals surface area contributed by atoms with Crippen LogP contribution in [0.15, 0.2) is 35.2 Å². The third-order valence-corrected chi connectivity index (χ3v) is 7.59. The highest BCUT2D eigenvalue weighted by Gasteiger charge is 2.69. The van der Waals surface area contributed by atoms with Crippen LogP contribution in [0.4, 0.5) is 0 Å². The fourth-order valence-electron chi connectivity index (χ4n) is 6.47. The fourth-order valence-corrected chi connectivity index (χ4v) is 6.47. The van der Waals surface area contributed by atoms with Gasteiger partial charge in [0.2, 0.25) is 0 Å². The molecule has 2 aliphatic carbocycles. The Morgan fingerprint density at radius 1 is 1.24 bits per heavy atom. The molecule has 1 aromatic heterocycles. The van der Waals surface area contributed by atoms with Gasteiger partial charge in [0.1, 0.15) is 12.2 Å². The summed E-state index contributed by atoms with van der Waals surface area (Å²) in [4.78, 5) is 37.4. The maximum absolute atomic E-state index is 13.0. The van der Waals surface area contributed by atoms with Crippen LogP contribution < -0.4 is 0 Å².